The van der Waals surface area contributed by atoms with Crippen LogP contribution in [0.25, 0.3) is 0 Å². The van der Waals surface area contributed by atoms with E-state index in [0.717, 1.165) is 24.5 Å². The predicted octanol–water partition coefficient (Wildman–Crippen LogP) is 1.41. The number of nitrogens with one attached hydrogen (secondary N) is 1. The van der Waals surface area contributed by atoms with Crippen LogP contribution in [0.15, 0.2) is 30.6 Å². The van der Waals surface area contributed by atoms with Crippen LogP contribution in [0.2, 0.25) is 0 Å². The van der Waals surface area contributed by atoms with Gasteiger partial charge in [-0.3, -0.25) is 9.67 Å². The van der Waals surface area contributed by atoms with E-state index in [9.17, 15) is 0 Å². The topological polar surface area (TPSA) is 42.7 Å². The van der Waals surface area contributed by atoms with Crippen molar-refractivity contribution >= 4 is 0 Å². The third kappa shape index (κ3) is 2.67. The van der Waals surface area contributed by atoms with Gasteiger partial charge in [-0.1, -0.05) is 6.07 Å². The Morgan fingerprint density at radius 3 is 2.88 bits per heavy atom. The van der Waals surface area contributed by atoms with E-state index in [2.05, 4.69) is 28.4 Å². The summed E-state index contributed by atoms with van der Waals surface area (Å²) in [6.07, 6.45) is 3.77. The highest BCUT2D eigenvalue weighted by Crippen LogP contribution is 2.02. The fraction of sp³-hybridized carbons (Fsp3) is 0.333. The van der Waals surface area contributed by atoms with Gasteiger partial charge >= 0.3 is 0 Å². The molecule has 0 unspecified atom stereocenters. The molecule has 4 nitrogen and oxygen atoms in total. The van der Waals surface area contributed by atoms with E-state index in [1.165, 1.54) is 5.56 Å². The van der Waals surface area contributed by atoms with E-state index in [0.29, 0.717) is 0 Å². The van der Waals surface area contributed by atoms with Crippen LogP contribution in [-0.2, 0) is 20.1 Å². The lowest BCUT2D eigenvalue weighted by Gasteiger charge is -2.04. The highest BCUT2D eigenvalue weighted by molar-refractivity contribution is 5.17. The lowest BCUT2D eigenvalue weighted by molar-refractivity contribution is 0.645. The van der Waals surface area contributed by atoms with E-state index < -0.39 is 0 Å². The minimum atomic E-state index is 0.775. The number of hydrogen-bond acceptors (Lipinski definition) is 3. The van der Waals surface area contributed by atoms with Crippen LogP contribution in [-0.4, -0.2) is 14.8 Å². The molecule has 2 aromatic rings. The van der Waals surface area contributed by atoms with E-state index in [1.54, 1.807) is 0 Å². The Labute approximate surface area is 95.3 Å². The Morgan fingerprint density at radius 2 is 2.19 bits per heavy atom. The van der Waals surface area contributed by atoms with Crippen molar-refractivity contribution in [1.29, 1.82) is 0 Å². The van der Waals surface area contributed by atoms with Gasteiger partial charge in [0.2, 0.25) is 0 Å². The molecule has 0 aromatic carbocycles. The molecule has 0 saturated carbocycles. The minimum absolute atomic E-state index is 0.775. The SMILES string of the molecule is Cc1cccnc1CNCc1ccn(C)n1. The Kier molecular flexibility index (Phi) is 3.31. The van der Waals surface area contributed by atoms with Crippen LogP contribution in [0.4, 0.5) is 0 Å². The maximum Gasteiger partial charge on any atom is 0.0762 e. The monoisotopic (exact) mass is 216 g/mol. The molecule has 1 N–H and O–H groups in total. The Hall–Kier alpha value is -1.68. The standard InChI is InChI=1S/C12H16N4/c1-10-4-3-6-14-12(10)9-13-8-11-5-7-16(2)15-11/h3-7,13H,8-9H2,1-2H3. The molecule has 16 heavy (non-hydrogen) atoms. The first-order valence-electron chi connectivity index (χ1n) is 5.35. The second-order valence-electron chi connectivity index (χ2n) is 3.85. The summed E-state index contributed by atoms with van der Waals surface area (Å²) in [5.41, 5.74) is 3.37. The summed E-state index contributed by atoms with van der Waals surface area (Å²) in [5, 5.41) is 7.63. The zero-order chi connectivity index (χ0) is 11.4. The van der Waals surface area contributed by atoms with Crippen molar-refractivity contribution in [2.75, 3.05) is 0 Å². The molecule has 0 saturated heterocycles. The second kappa shape index (κ2) is 4.90. The van der Waals surface area contributed by atoms with E-state index in [1.807, 2.05) is 36.3 Å². The fourth-order valence-corrected chi connectivity index (χ4v) is 1.57. The molecule has 0 aliphatic carbocycles. The molecule has 4 heteroatoms. The predicted molar refractivity (Wildman–Crippen MR) is 62.7 cm³/mol. The Morgan fingerprint density at radius 1 is 1.31 bits per heavy atom. The van der Waals surface area contributed by atoms with Crippen molar-refractivity contribution in [2.24, 2.45) is 7.05 Å². The van der Waals surface area contributed by atoms with Crippen LogP contribution in [0.1, 0.15) is 17.0 Å². The summed E-state index contributed by atoms with van der Waals surface area (Å²) >= 11 is 0. The minimum Gasteiger partial charge on any atom is -0.305 e. The average molecular weight is 216 g/mol. The van der Waals surface area contributed by atoms with Gasteiger partial charge in [-0.2, -0.15) is 5.10 Å². The van der Waals surface area contributed by atoms with Gasteiger partial charge in [0.1, 0.15) is 0 Å². The Balaban J connectivity index is 1.87. The number of rotatable bonds is 4. The van der Waals surface area contributed by atoms with E-state index >= 15 is 0 Å². The molecule has 0 bridgehead atoms. The molecular weight excluding hydrogens is 200 g/mol. The van der Waals surface area contributed by atoms with Crippen molar-refractivity contribution in [3.8, 4) is 0 Å². The molecule has 2 heterocycles. The zero-order valence-electron chi connectivity index (χ0n) is 9.64. The maximum atomic E-state index is 4.33. The van der Waals surface area contributed by atoms with Crippen molar-refractivity contribution in [1.82, 2.24) is 20.1 Å². The van der Waals surface area contributed by atoms with Crippen molar-refractivity contribution in [3.63, 3.8) is 0 Å². The second-order valence-corrected chi connectivity index (χ2v) is 3.85. The van der Waals surface area contributed by atoms with E-state index in [-0.39, 0.29) is 0 Å². The number of nitrogens with zero attached hydrogens (tertiary/aromatic N) is 3. The zero-order valence-corrected chi connectivity index (χ0v) is 9.64. The average Bonchev–Trinajstić information content (AvgIpc) is 2.67. The molecule has 0 fully saturated rings. The van der Waals surface area contributed by atoms with Gasteiger partial charge < -0.3 is 5.32 Å². The fourth-order valence-electron chi connectivity index (χ4n) is 1.57. The number of aromatic nitrogens is 3. The van der Waals surface area contributed by atoms with E-state index in [4.69, 9.17) is 0 Å². The van der Waals surface area contributed by atoms with Gasteiger partial charge in [0.05, 0.1) is 11.4 Å². The molecule has 0 radical (unpaired) electrons. The summed E-state index contributed by atoms with van der Waals surface area (Å²) < 4.78 is 1.81. The Bertz CT molecular complexity index is 462. The summed E-state index contributed by atoms with van der Waals surface area (Å²) in [5.74, 6) is 0. The quantitative estimate of drug-likeness (QED) is 0.840. The molecule has 0 aliphatic heterocycles. The summed E-state index contributed by atoms with van der Waals surface area (Å²) in [6.45, 7) is 3.63. The third-order valence-electron chi connectivity index (χ3n) is 2.49. The number of aryl methyl sites for hydroxylation is 2. The molecule has 0 spiro atoms. The smallest absolute Gasteiger partial charge is 0.0762 e. The van der Waals surface area contributed by atoms with Gasteiger partial charge in [-0.25, -0.2) is 0 Å². The van der Waals surface area contributed by atoms with Crippen molar-refractivity contribution in [2.45, 2.75) is 20.0 Å². The van der Waals surface area contributed by atoms with Crippen LogP contribution >= 0.6 is 0 Å². The number of pyridine rings is 1. The highest BCUT2D eigenvalue weighted by Gasteiger charge is 1.99. The van der Waals surface area contributed by atoms with Gasteiger partial charge in [0.25, 0.3) is 0 Å². The molecule has 2 rings (SSSR count). The third-order valence-corrected chi connectivity index (χ3v) is 2.49. The number of hydrogen-bond donors (Lipinski definition) is 1. The normalized spacial score (nSPS) is 10.6. The van der Waals surface area contributed by atoms with Crippen molar-refractivity contribution < 1.29 is 0 Å². The summed E-state index contributed by atoms with van der Waals surface area (Å²) in [6, 6.07) is 6.04. The van der Waals surface area contributed by atoms with Crippen LogP contribution in [0, 0.1) is 6.92 Å². The van der Waals surface area contributed by atoms with Gasteiger partial charge in [0, 0.05) is 32.5 Å². The van der Waals surface area contributed by atoms with Crippen molar-refractivity contribution in [3.05, 3.63) is 47.5 Å². The van der Waals surface area contributed by atoms with Gasteiger partial charge in [-0.05, 0) is 24.6 Å². The largest absolute Gasteiger partial charge is 0.305 e. The van der Waals surface area contributed by atoms with Gasteiger partial charge in [0.15, 0.2) is 0 Å². The lowest BCUT2D eigenvalue weighted by atomic mass is 10.2. The molecule has 84 valence electrons. The molecule has 0 aliphatic rings. The first-order chi connectivity index (χ1) is 7.75. The molecule has 0 amide bonds. The maximum absolute atomic E-state index is 4.33. The first-order valence-corrected chi connectivity index (χ1v) is 5.35. The first kappa shape index (κ1) is 10.8. The molecular formula is C12H16N4. The molecule has 0 atom stereocenters. The summed E-state index contributed by atoms with van der Waals surface area (Å²) in [7, 11) is 1.92. The summed E-state index contributed by atoms with van der Waals surface area (Å²) in [4.78, 5) is 4.33. The lowest BCUT2D eigenvalue weighted by Crippen LogP contribution is -2.15. The highest BCUT2D eigenvalue weighted by atomic mass is 15.3. The molecule has 2 aromatic heterocycles. The van der Waals surface area contributed by atoms with Crippen LogP contribution in [0.3, 0.4) is 0 Å². The van der Waals surface area contributed by atoms with Crippen LogP contribution in [0.5, 0.6) is 0 Å². The van der Waals surface area contributed by atoms with Gasteiger partial charge in [-0.15, -0.1) is 0 Å². The van der Waals surface area contributed by atoms with Crippen LogP contribution < -0.4 is 5.32 Å².